The fraction of sp³-hybridized carbons (Fsp3) is 0.478. The van der Waals surface area contributed by atoms with Crippen LogP contribution in [-0.2, 0) is 0 Å². The van der Waals surface area contributed by atoms with Crippen LogP contribution in [0.2, 0.25) is 0 Å². The molecular formula is C23H24N4O2. The predicted molar refractivity (Wildman–Crippen MR) is 107 cm³/mol. The minimum absolute atomic E-state index is 0.141. The molecule has 0 saturated heterocycles. The molecule has 0 aromatic heterocycles. The average molecular weight is 388 g/mol. The molecule has 0 amide bonds. The van der Waals surface area contributed by atoms with Crippen molar-refractivity contribution in [2.75, 3.05) is 14.2 Å². The van der Waals surface area contributed by atoms with Crippen molar-refractivity contribution in [3.63, 3.8) is 0 Å². The normalized spacial score (nSPS) is 27.4. The van der Waals surface area contributed by atoms with Crippen LogP contribution in [-0.4, -0.2) is 19.9 Å². The van der Waals surface area contributed by atoms with Gasteiger partial charge in [0.15, 0.2) is 5.41 Å². The molecule has 0 aliphatic heterocycles. The van der Waals surface area contributed by atoms with E-state index in [1.165, 1.54) is 0 Å². The van der Waals surface area contributed by atoms with E-state index < -0.39 is 17.3 Å². The van der Waals surface area contributed by atoms with Gasteiger partial charge in [0.25, 0.3) is 0 Å². The van der Waals surface area contributed by atoms with Gasteiger partial charge in [0.2, 0.25) is 0 Å². The zero-order chi connectivity index (χ0) is 21.2. The van der Waals surface area contributed by atoms with E-state index in [-0.39, 0.29) is 11.6 Å². The third-order valence-corrected chi connectivity index (χ3v) is 6.45. The number of benzene rings is 1. The molecule has 1 aromatic carbocycles. The Morgan fingerprint density at radius 1 is 1.17 bits per heavy atom. The lowest BCUT2D eigenvalue weighted by Gasteiger charge is -2.47. The highest BCUT2D eigenvalue weighted by molar-refractivity contribution is 6.01. The Morgan fingerprint density at radius 3 is 2.45 bits per heavy atom. The molecule has 1 N–H and O–H groups in total. The summed E-state index contributed by atoms with van der Waals surface area (Å²) in [4.78, 5) is 0. The van der Waals surface area contributed by atoms with E-state index in [0.717, 1.165) is 24.8 Å². The van der Waals surface area contributed by atoms with Gasteiger partial charge >= 0.3 is 0 Å². The number of rotatable bonds is 4. The van der Waals surface area contributed by atoms with E-state index in [9.17, 15) is 15.8 Å². The topological polar surface area (TPSA) is 114 Å². The summed E-state index contributed by atoms with van der Waals surface area (Å²) < 4.78 is 11.0. The molecule has 1 unspecified atom stereocenters. The summed E-state index contributed by atoms with van der Waals surface area (Å²) >= 11 is 0. The monoisotopic (exact) mass is 388 g/mol. The number of hydrogen-bond donors (Lipinski definition) is 1. The molecule has 6 nitrogen and oxygen atoms in total. The third-order valence-electron chi connectivity index (χ3n) is 6.45. The molecule has 148 valence electrons. The second-order valence-electron chi connectivity index (χ2n) is 7.65. The quantitative estimate of drug-likeness (QED) is 0.770. The van der Waals surface area contributed by atoms with Crippen LogP contribution in [0.15, 0.2) is 29.8 Å². The number of nitriles is 3. The van der Waals surface area contributed by atoms with Gasteiger partial charge in [-0.1, -0.05) is 19.4 Å². The van der Waals surface area contributed by atoms with E-state index in [1.807, 2.05) is 0 Å². The average Bonchev–Trinajstić information content (AvgIpc) is 2.77. The smallest absolute Gasteiger partial charge is 0.189 e. The first-order valence-electron chi connectivity index (χ1n) is 9.74. The molecule has 1 aromatic rings. The van der Waals surface area contributed by atoms with Crippen molar-refractivity contribution in [2.45, 2.75) is 32.1 Å². The number of nitrogens with zero attached hydrogens (tertiary/aromatic N) is 3. The maximum absolute atomic E-state index is 10.1. The van der Waals surface area contributed by atoms with Crippen LogP contribution in [0.5, 0.6) is 11.5 Å². The Morgan fingerprint density at radius 2 is 1.90 bits per heavy atom. The lowest BCUT2D eigenvalue weighted by atomic mass is 9.52. The van der Waals surface area contributed by atoms with Crippen LogP contribution < -0.4 is 9.47 Å². The molecular weight excluding hydrogens is 364 g/mol. The van der Waals surface area contributed by atoms with E-state index in [0.29, 0.717) is 23.0 Å². The zero-order valence-corrected chi connectivity index (χ0v) is 16.9. The summed E-state index contributed by atoms with van der Waals surface area (Å²) in [5.41, 5.74) is -0.350. The summed E-state index contributed by atoms with van der Waals surface area (Å²) in [7, 11) is 3.10. The van der Waals surface area contributed by atoms with E-state index in [1.54, 1.807) is 32.4 Å². The lowest BCUT2D eigenvalue weighted by Crippen LogP contribution is -2.49. The van der Waals surface area contributed by atoms with Crippen molar-refractivity contribution in [1.82, 2.24) is 0 Å². The second kappa shape index (κ2) is 7.98. The third kappa shape index (κ3) is 3.04. The van der Waals surface area contributed by atoms with Gasteiger partial charge in [-0.05, 0) is 48.4 Å². The van der Waals surface area contributed by atoms with Crippen molar-refractivity contribution < 1.29 is 9.47 Å². The first kappa shape index (κ1) is 20.4. The minimum Gasteiger partial charge on any atom is -0.497 e. The zero-order valence-electron chi connectivity index (χ0n) is 16.9. The highest BCUT2D eigenvalue weighted by Crippen LogP contribution is 2.57. The first-order chi connectivity index (χ1) is 14.0. The lowest BCUT2D eigenvalue weighted by molar-refractivity contribution is 0.264. The number of fused-ring (bicyclic) bond motifs is 1. The molecule has 1 saturated carbocycles. The van der Waals surface area contributed by atoms with Crippen molar-refractivity contribution >= 4 is 5.71 Å². The van der Waals surface area contributed by atoms with Crippen LogP contribution in [0.4, 0.5) is 0 Å². The molecule has 0 radical (unpaired) electrons. The summed E-state index contributed by atoms with van der Waals surface area (Å²) in [6.45, 7) is 2.12. The Balaban J connectivity index is 2.32. The summed E-state index contributed by atoms with van der Waals surface area (Å²) in [5.74, 6) is -0.0951. The van der Waals surface area contributed by atoms with Gasteiger partial charge in [0.1, 0.15) is 17.4 Å². The van der Waals surface area contributed by atoms with Gasteiger partial charge in [-0.2, -0.15) is 15.8 Å². The van der Waals surface area contributed by atoms with Crippen LogP contribution in [0, 0.1) is 62.6 Å². The molecule has 2 aliphatic rings. The van der Waals surface area contributed by atoms with Gasteiger partial charge in [0, 0.05) is 11.5 Å². The number of hydrogen-bond acceptors (Lipinski definition) is 6. The van der Waals surface area contributed by atoms with Crippen LogP contribution >= 0.6 is 0 Å². The largest absolute Gasteiger partial charge is 0.497 e. The van der Waals surface area contributed by atoms with E-state index in [4.69, 9.17) is 14.9 Å². The Kier molecular flexibility index (Phi) is 5.62. The van der Waals surface area contributed by atoms with Gasteiger partial charge in [-0.15, -0.1) is 0 Å². The van der Waals surface area contributed by atoms with Crippen LogP contribution in [0.1, 0.15) is 37.7 Å². The highest BCUT2D eigenvalue weighted by Gasteiger charge is 2.58. The summed E-state index contributed by atoms with van der Waals surface area (Å²) in [6.07, 6.45) is 4.65. The van der Waals surface area contributed by atoms with Gasteiger partial charge in [-0.25, -0.2) is 0 Å². The van der Waals surface area contributed by atoms with Gasteiger partial charge in [-0.3, -0.25) is 0 Å². The Hall–Kier alpha value is -3.30. The molecule has 4 atom stereocenters. The number of nitrogens with one attached hydrogen (secondary N) is 1. The maximum Gasteiger partial charge on any atom is 0.189 e. The minimum atomic E-state index is -1.74. The summed E-state index contributed by atoms with van der Waals surface area (Å²) in [5, 5.41) is 38.8. The molecule has 3 rings (SSSR count). The van der Waals surface area contributed by atoms with Crippen molar-refractivity contribution in [3.8, 4) is 29.7 Å². The fourth-order valence-electron chi connectivity index (χ4n) is 4.86. The number of methoxy groups -OCH3 is 2. The molecule has 6 heteroatoms. The first-order valence-corrected chi connectivity index (χ1v) is 9.74. The standard InChI is InChI=1S/C23H24N4O2/c1-4-14-5-7-16-17(9-14)21(18-10-15(28-2)6-8-20(18)29-3)23(12-25,13-26)22(27)19(16)11-24/h6-8,10,14,17,19,21,27H,4-5,9H2,1-3H3/t14-,17+,19?,21-/m0/s1. The Bertz CT molecular complexity index is 962. The van der Waals surface area contributed by atoms with Crippen molar-refractivity contribution in [1.29, 1.82) is 21.2 Å². The number of ether oxygens (including phenoxy) is 2. The molecule has 1 fully saturated rings. The molecule has 2 aliphatic carbocycles. The SMILES string of the molecule is CC[C@H]1CC=C2C(C#N)C(=N)C(C#N)(C#N)[C@H](c3cc(OC)ccc3OC)[C@@H]2C1. The maximum atomic E-state index is 10.1. The van der Waals surface area contributed by atoms with Crippen molar-refractivity contribution in [2.24, 2.45) is 23.2 Å². The fourth-order valence-corrected chi connectivity index (χ4v) is 4.86. The van der Waals surface area contributed by atoms with Crippen LogP contribution in [0.25, 0.3) is 0 Å². The predicted octanol–water partition coefficient (Wildman–Crippen LogP) is 4.36. The Labute approximate surface area is 171 Å². The van der Waals surface area contributed by atoms with Gasteiger partial charge in [0.05, 0.1) is 38.1 Å². The number of allylic oxidation sites excluding steroid dienone is 2. The summed E-state index contributed by atoms with van der Waals surface area (Å²) in [6, 6.07) is 11.7. The molecule has 0 spiro atoms. The molecule has 29 heavy (non-hydrogen) atoms. The van der Waals surface area contributed by atoms with E-state index >= 15 is 0 Å². The molecule has 0 bridgehead atoms. The van der Waals surface area contributed by atoms with E-state index in [2.05, 4.69) is 31.2 Å². The van der Waals surface area contributed by atoms with Crippen LogP contribution in [0.3, 0.4) is 0 Å². The molecule has 0 heterocycles. The second-order valence-corrected chi connectivity index (χ2v) is 7.65. The highest BCUT2D eigenvalue weighted by atomic mass is 16.5. The van der Waals surface area contributed by atoms with Crippen molar-refractivity contribution in [3.05, 3.63) is 35.4 Å². The van der Waals surface area contributed by atoms with Gasteiger partial charge < -0.3 is 14.9 Å².